The van der Waals surface area contributed by atoms with E-state index >= 15 is 0 Å². The molecule has 0 aliphatic heterocycles. The lowest BCUT2D eigenvalue weighted by atomic mass is 10.2. The number of ether oxygens (including phenoxy) is 1. The number of alkyl halides is 3. The van der Waals surface area contributed by atoms with Crippen LogP contribution in [0.25, 0.3) is 0 Å². The molecule has 0 atom stereocenters. The smallest absolute Gasteiger partial charge is 0.389 e. The predicted molar refractivity (Wildman–Crippen MR) is 59.3 cm³/mol. The molecule has 104 valence electrons. The molecule has 8 heteroatoms. The molecule has 0 aliphatic rings. The molecule has 0 unspecified atom stereocenters. The molecule has 1 aromatic carbocycles. The van der Waals surface area contributed by atoms with Crippen LogP contribution in [-0.4, -0.2) is 24.0 Å². The van der Waals surface area contributed by atoms with Crippen LogP contribution in [0.1, 0.15) is 23.2 Å². The van der Waals surface area contributed by atoms with Crippen molar-refractivity contribution in [1.82, 2.24) is 0 Å². The number of carbonyl (C=O) groups is 1. The van der Waals surface area contributed by atoms with Gasteiger partial charge in [0, 0.05) is 12.5 Å². The van der Waals surface area contributed by atoms with E-state index < -0.39 is 17.5 Å². The third-order valence-corrected chi connectivity index (χ3v) is 2.20. The largest absolute Gasteiger partial charge is 0.494 e. The fourth-order valence-corrected chi connectivity index (χ4v) is 1.35. The zero-order valence-corrected chi connectivity index (χ0v) is 9.64. The van der Waals surface area contributed by atoms with Crippen LogP contribution < -0.4 is 4.74 Å². The minimum atomic E-state index is -4.24. The van der Waals surface area contributed by atoms with E-state index in [0.717, 1.165) is 12.1 Å². The number of benzene rings is 1. The summed E-state index contributed by atoms with van der Waals surface area (Å²) >= 11 is 0. The van der Waals surface area contributed by atoms with Gasteiger partial charge in [0.1, 0.15) is 5.75 Å². The summed E-state index contributed by atoms with van der Waals surface area (Å²) in [5.74, 6) is 0.120. The standard InChI is InChI=1S/C11H10F3NO4/c12-11(13,14)4-1-5-19-9-2-3-10(15(17)18)8(6-9)7-16/h2-3,6-7H,1,4-5H2. The molecule has 0 aliphatic carbocycles. The number of hydrogen-bond acceptors (Lipinski definition) is 4. The fourth-order valence-electron chi connectivity index (χ4n) is 1.35. The van der Waals surface area contributed by atoms with Gasteiger partial charge >= 0.3 is 6.18 Å². The summed E-state index contributed by atoms with van der Waals surface area (Å²) in [5, 5.41) is 10.5. The topological polar surface area (TPSA) is 69.4 Å². The molecule has 0 fully saturated rings. The van der Waals surface area contributed by atoms with E-state index in [0.29, 0.717) is 6.29 Å². The minimum Gasteiger partial charge on any atom is -0.494 e. The molecule has 1 aromatic rings. The Balaban J connectivity index is 2.61. The third-order valence-electron chi connectivity index (χ3n) is 2.20. The second-order valence-electron chi connectivity index (χ2n) is 3.66. The number of halogens is 3. The van der Waals surface area contributed by atoms with Gasteiger partial charge in [-0.15, -0.1) is 0 Å². The summed E-state index contributed by atoms with van der Waals surface area (Å²) in [6.07, 6.45) is -5.15. The van der Waals surface area contributed by atoms with Crippen molar-refractivity contribution in [1.29, 1.82) is 0 Å². The highest BCUT2D eigenvalue weighted by molar-refractivity contribution is 5.82. The molecule has 0 spiro atoms. The van der Waals surface area contributed by atoms with E-state index in [1.807, 2.05) is 0 Å². The summed E-state index contributed by atoms with van der Waals surface area (Å²) in [5.41, 5.74) is -0.559. The molecule has 5 nitrogen and oxygen atoms in total. The lowest BCUT2D eigenvalue weighted by Gasteiger charge is -2.08. The van der Waals surface area contributed by atoms with E-state index in [9.17, 15) is 28.1 Å². The first kappa shape index (κ1) is 14.9. The van der Waals surface area contributed by atoms with Crippen molar-refractivity contribution < 1.29 is 27.6 Å². The average molecular weight is 277 g/mol. The van der Waals surface area contributed by atoms with Crippen molar-refractivity contribution in [3.8, 4) is 5.75 Å². The number of hydrogen-bond donors (Lipinski definition) is 0. The van der Waals surface area contributed by atoms with Gasteiger partial charge in [0.25, 0.3) is 5.69 Å². The Bertz CT molecular complexity index is 473. The van der Waals surface area contributed by atoms with Crippen LogP contribution in [0.15, 0.2) is 18.2 Å². The van der Waals surface area contributed by atoms with Gasteiger partial charge in [-0.05, 0) is 18.6 Å². The first-order chi connectivity index (χ1) is 8.83. The molecule has 0 saturated heterocycles. The SMILES string of the molecule is O=Cc1cc(OCCCC(F)(F)F)ccc1[N+](=O)[O-]. The van der Waals surface area contributed by atoms with Crippen LogP contribution in [-0.2, 0) is 0 Å². The normalized spacial score (nSPS) is 11.1. The van der Waals surface area contributed by atoms with Crippen LogP contribution in [0.4, 0.5) is 18.9 Å². The van der Waals surface area contributed by atoms with Gasteiger partial charge in [0.15, 0.2) is 6.29 Å². The Morgan fingerprint density at radius 2 is 2.05 bits per heavy atom. The zero-order valence-electron chi connectivity index (χ0n) is 9.64. The molecule has 0 N–H and O–H groups in total. The lowest BCUT2D eigenvalue weighted by Crippen LogP contribution is -2.09. The van der Waals surface area contributed by atoms with Crippen molar-refractivity contribution in [2.45, 2.75) is 19.0 Å². The van der Waals surface area contributed by atoms with E-state index in [4.69, 9.17) is 4.74 Å². The highest BCUT2D eigenvalue weighted by atomic mass is 19.4. The maximum Gasteiger partial charge on any atom is 0.389 e. The van der Waals surface area contributed by atoms with E-state index in [1.54, 1.807) is 0 Å². The van der Waals surface area contributed by atoms with Crippen molar-refractivity contribution in [3.63, 3.8) is 0 Å². The molecule has 0 heterocycles. The molecular formula is C11H10F3NO4. The quantitative estimate of drug-likeness (QED) is 0.346. The highest BCUT2D eigenvalue weighted by Crippen LogP contribution is 2.24. The van der Waals surface area contributed by atoms with Gasteiger partial charge in [-0.3, -0.25) is 14.9 Å². The van der Waals surface area contributed by atoms with Crippen molar-refractivity contribution in [2.24, 2.45) is 0 Å². The van der Waals surface area contributed by atoms with Gasteiger partial charge in [-0.25, -0.2) is 0 Å². The number of nitro groups is 1. The average Bonchev–Trinajstić information content (AvgIpc) is 2.33. The zero-order chi connectivity index (χ0) is 14.5. The second-order valence-corrected chi connectivity index (χ2v) is 3.66. The fraction of sp³-hybridized carbons (Fsp3) is 0.364. The van der Waals surface area contributed by atoms with E-state index in [1.165, 1.54) is 6.07 Å². The summed E-state index contributed by atoms with van der Waals surface area (Å²) in [6.45, 7) is -0.185. The first-order valence-electron chi connectivity index (χ1n) is 5.26. The minimum absolute atomic E-state index is 0.120. The molecule has 1 rings (SSSR count). The molecule has 0 aromatic heterocycles. The Kier molecular flexibility index (Phi) is 4.85. The predicted octanol–water partition coefficient (Wildman–Crippen LogP) is 3.13. The third kappa shape index (κ3) is 4.94. The summed E-state index contributed by atoms with van der Waals surface area (Å²) in [7, 11) is 0. The van der Waals surface area contributed by atoms with Gasteiger partial charge in [0.05, 0.1) is 17.1 Å². The number of carbonyl (C=O) groups excluding carboxylic acids is 1. The summed E-state index contributed by atoms with van der Waals surface area (Å²) in [6, 6.07) is 3.43. The Hall–Kier alpha value is -2.12. The van der Waals surface area contributed by atoms with Crippen LogP contribution in [0.5, 0.6) is 5.75 Å². The maximum absolute atomic E-state index is 11.9. The van der Waals surface area contributed by atoms with E-state index in [-0.39, 0.29) is 30.0 Å². The summed E-state index contributed by atoms with van der Waals surface area (Å²) < 4.78 is 40.6. The van der Waals surface area contributed by atoms with Gasteiger partial charge in [0.2, 0.25) is 0 Å². The molecule has 0 bridgehead atoms. The maximum atomic E-state index is 11.9. The van der Waals surface area contributed by atoms with Gasteiger partial charge in [-0.2, -0.15) is 13.2 Å². The van der Waals surface area contributed by atoms with Crippen LogP contribution in [0.2, 0.25) is 0 Å². The van der Waals surface area contributed by atoms with Crippen LogP contribution >= 0.6 is 0 Å². The second kappa shape index (κ2) is 6.17. The van der Waals surface area contributed by atoms with Crippen molar-refractivity contribution >= 4 is 12.0 Å². The molecule has 0 radical (unpaired) electrons. The monoisotopic (exact) mass is 277 g/mol. The molecule has 19 heavy (non-hydrogen) atoms. The number of rotatable bonds is 6. The van der Waals surface area contributed by atoms with E-state index in [2.05, 4.69) is 0 Å². The lowest BCUT2D eigenvalue weighted by molar-refractivity contribution is -0.385. The number of nitro benzene ring substituents is 1. The number of aldehydes is 1. The van der Waals surface area contributed by atoms with Crippen LogP contribution in [0.3, 0.4) is 0 Å². The number of nitrogens with zero attached hydrogens (tertiary/aromatic N) is 1. The first-order valence-corrected chi connectivity index (χ1v) is 5.26. The molecule has 0 saturated carbocycles. The Labute approximate surface area is 106 Å². The summed E-state index contributed by atoms with van der Waals surface area (Å²) in [4.78, 5) is 20.5. The Morgan fingerprint density at radius 1 is 1.37 bits per heavy atom. The highest BCUT2D eigenvalue weighted by Gasteiger charge is 2.26. The van der Waals surface area contributed by atoms with Gasteiger partial charge in [-0.1, -0.05) is 0 Å². The van der Waals surface area contributed by atoms with Crippen LogP contribution in [0, 0.1) is 10.1 Å². The van der Waals surface area contributed by atoms with Crippen molar-refractivity contribution in [2.75, 3.05) is 6.61 Å². The Morgan fingerprint density at radius 3 is 2.58 bits per heavy atom. The van der Waals surface area contributed by atoms with Crippen molar-refractivity contribution in [3.05, 3.63) is 33.9 Å². The van der Waals surface area contributed by atoms with Gasteiger partial charge < -0.3 is 4.74 Å². The molecule has 0 amide bonds. The molecular weight excluding hydrogens is 267 g/mol.